The number of piperidine rings is 1. The normalized spacial score (nSPS) is 19.4. The van der Waals surface area contributed by atoms with Crippen LogP contribution in [0.5, 0.6) is 0 Å². The fraction of sp³-hybridized carbons (Fsp3) is 0.556. The summed E-state index contributed by atoms with van der Waals surface area (Å²) in [6.07, 6.45) is 6.71. The van der Waals surface area contributed by atoms with Crippen LogP contribution in [0.3, 0.4) is 0 Å². The molecule has 11 heteroatoms. The SMILES string of the molecule is Cn1cc(S(=O)(=O)N2CCC(c3nnc4ccc(N5CCCC5)nn34)CC2)cn1. The van der Waals surface area contributed by atoms with Crippen molar-refractivity contribution >= 4 is 21.5 Å². The van der Waals surface area contributed by atoms with Gasteiger partial charge in [0.15, 0.2) is 11.5 Å². The highest BCUT2D eigenvalue weighted by atomic mass is 32.2. The molecule has 0 unspecified atom stereocenters. The van der Waals surface area contributed by atoms with Gasteiger partial charge in [-0.25, -0.2) is 8.42 Å². The van der Waals surface area contributed by atoms with Crippen molar-refractivity contribution in [1.29, 1.82) is 0 Å². The molecule has 3 aromatic rings. The first-order valence-corrected chi connectivity index (χ1v) is 11.4. The van der Waals surface area contributed by atoms with Crippen LogP contribution < -0.4 is 4.90 Å². The summed E-state index contributed by atoms with van der Waals surface area (Å²) in [5, 5.41) is 17.4. The molecule has 5 heterocycles. The number of sulfonamides is 1. The molecule has 3 aromatic heterocycles. The Labute approximate surface area is 169 Å². The molecule has 0 saturated carbocycles. The van der Waals surface area contributed by atoms with E-state index in [2.05, 4.69) is 20.2 Å². The van der Waals surface area contributed by atoms with Gasteiger partial charge in [-0.1, -0.05) is 0 Å². The topological polar surface area (TPSA) is 102 Å². The van der Waals surface area contributed by atoms with Crippen LogP contribution in [0.15, 0.2) is 29.4 Å². The van der Waals surface area contributed by atoms with Crippen molar-refractivity contribution in [2.75, 3.05) is 31.1 Å². The Morgan fingerprint density at radius 1 is 1.03 bits per heavy atom. The molecule has 0 aliphatic carbocycles. The van der Waals surface area contributed by atoms with E-state index in [1.54, 1.807) is 7.05 Å². The summed E-state index contributed by atoms with van der Waals surface area (Å²) >= 11 is 0. The molecule has 2 fully saturated rings. The Morgan fingerprint density at radius 2 is 1.79 bits per heavy atom. The molecule has 0 spiro atoms. The minimum Gasteiger partial charge on any atom is -0.355 e. The van der Waals surface area contributed by atoms with Crippen molar-refractivity contribution < 1.29 is 8.42 Å². The zero-order valence-electron chi connectivity index (χ0n) is 16.3. The van der Waals surface area contributed by atoms with Crippen molar-refractivity contribution in [3.8, 4) is 0 Å². The van der Waals surface area contributed by atoms with E-state index in [1.807, 2.05) is 16.6 Å². The number of fused-ring (bicyclic) bond motifs is 1. The summed E-state index contributed by atoms with van der Waals surface area (Å²) in [6, 6.07) is 3.96. The summed E-state index contributed by atoms with van der Waals surface area (Å²) in [7, 11) is -1.80. The predicted octanol–water partition coefficient (Wildman–Crippen LogP) is 1.03. The molecule has 2 saturated heterocycles. The van der Waals surface area contributed by atoms with Crippen LogP contribution in [0.25, 0.3) is 5.65 Å². The third-order valence-corrected chi connectivity index (χ3v) is 7.69. The largest absolute Gasteiger partial charge is 0.355 e. The maximum Gasteiger partial charge on any atom is 0.246 e. The lowest BCUT2D eigenvalue weighted by atomic mass is 9.97. The van der Waals surface area contributed by atoms with E-state index in [0.717, 1.165) is 30.4 Å². The number of aromatic nitrogens is 6. The monoisotopic (exact) mass is 416 g/mol. The van der Waals surface area contributed by atoms with E-state index in [0.29, 0.717) is 25.9 Å². The number of hydrogen-bond acceptors (Lipinski definition) is 7. The second kappa shape index (κ2) is 7.06. The molecular weight excluding hydrogens is 392 g/mol. The average molecular weight is 417 g/mol. The molecule has 0 radical (unpaired) electrons. The Hall–Kier alpha value is -2.53. The molecule has 2 aliphatic heterocycles. The maximum atomic E-state index is 12.8. The smallest absolute Gasteiger partial charge is 0.246 e. The van der Waals surface area contributed by atoms with Crippen molar-refractivity contribution in [3.05, 3.63) is 30.4 Å². The van der Waals surface area contributed by atoms with E-state index in [9.17, 15) is 8.42 Å². The highest BCUT2D eigenvalue weighted by Gasteiger charge is 2.32. The van der Waals surface area contributed by atoms with Gasteiger partial charge in [0.2, 0.25) is 10.0 Å². The lowest BCUT2D eigenvalue weighted by Crippen LogP contribution is -2.38. The second-order valence-corrected chi connectivity index (χ2v) is 9.68. The number of rotatable bonds is 4. The molecule has 2 aliphatic rings. The minimum atomic E-state index is -3.51. The van der Waals surface area contributed by atoms with Gasteiger partial charge in [0.05, 0.1) is 6.20 Å². The minimum absolute atomic E-state index is 0.131. The molecule has 29 heavy (non-hydrogen) atoms. The summed E-state index contributed by atoms with van der Waals surface area (Å²) in [6.45, 7) is 2.95. The van der Waals surface area contributed by atoms with Crippen molar-refractivity contribution in [3.63, 3.8) is 0 Å². The van der Waals surface area contributed by atoms with Crippen LogP contribution >= 0.6 is 0 Å². The van der Waals surface area contributed by atoms with Gasteiger partial charge in [-0.3, -0.25) is 4.68 Å². The molecular formula is C18H24N8O2S. The molecule has 0 atom stereocenters. The number of aryl methyl sites for hydroxylation is 1. The van der Waals surface area contributed by atoms with E-state index in [1.165, 1.54) is 34.2 Å². The highest BCUT2D eigenvalue weighted by Crippen LogP contribution is 2.30. The van der Waals surface area contributed by atoms with Crippen molar-refractivity contribution in [2.24, 2.45) is 7.05 Å². The van der Waals surface area contributed by atoms with Gasteiger partial charge < -0.3 is 4.90 Å². The Morgan fingerprint density at radius 3 is 2.48 bits per heavy atom. The average Bonchev–Trinajstić information content (AvgIpc) is 3.48. The van der Waals surface area contributed by atoms with Crippen molar-refractivity contribution in [1.82, 2.24) is 33.9 Å². The van der Waals surface area contributed by atoms with E-state index >= 15 is 0 Å². The first-order chi connectivity index (χ1) is 14.0. The van der Waals surface area contributed by atoms with Crippen LogP contribution in [-0.4, -0.2) is 68.5 Å². The summed E-state index contributed by atoms with van der Waals surface area (Å²) in [4.78, 5) is 2.52. The van der Waals surface area contributed by atoms with E-state index in [-0.39, 0.29) is 10.8 Å². The van der Waals surface area contributed by atoms with Gasteiger partial charge >= 0.3 is 0 Å². The Balaban J connectivity index is 1.35. The Bertz CT molecular complexity index is 1120. The zero-order chi connectivity index (χ0) is 20.0. The third kappa shape index (κ3) is 3.27. The van der Waals surface area contributed by atoms with Gasteiger partial charge in [-0.2, -0.15) is 13.9 Å². The van der Waals surface area contributed by atoms with Crippen LogP contribution in [-0.2, 0) is 17.1 Å². The quantitative estimate of drug-likeness (QED) is 0.626. The van der Waals surface area contributed by atoms with Gasteiger partial charge in [0.25, 0.3) is 0 Å². The first kappa shape index (κ1) is 18.5. The first-order valence-electron chi connectivity index (χ1n) is 9.98. The van der Waals surface area contributed by atoms with Crippen LogP contribution in [0.1, 0.15) is 37.4 Å². The van der Waals surface area contributed by atoms with Gasteiger partial charge in [-0.15, -0.1) is 15.3 Å². The molecule has 0 aromatic carbocycles. The predicted molar refractivity (Wildman–Crippen MR) is 106 cm³/mol. The molecule has 0 amide bonds. The van der Waals surface area contributed by atoms with Crippen LogP contribution in [0.2, 0.25) is 0 Å². The highest BCUT2D eigenvalue weighted by molar-refractivity contribution is 7.89. The summed E-state index contributed by atoms with van der Waals surface area (Å²) in [5.74, 6) is 1.90. The lowest BCUT2D eigenvalue weighted by Gasteiger charge is -2.29. The number of nitrogens with zero attached hydrogens (tertiary/aromatic N) is 8. The van der Waals surface area contributed by atoms with Crippen LogP contribution in [0.4, 0.5) is 5.82 Å². The van der Waals surface area contributed by atoms with E-state index in [4.69, 9.17) is 5.10 Å². The zero-order valence-corrected chi connectivity index (χ0v) is 17.2. The molecule has 0 N–H and O–H groups in total. The second-order valence-electron chi connectivity index (χ2n) is 7.74. The molecule has 10 nitrogen and oxygen atoms in total. The summed E-state index contributed by atoms with van der Waals surface area (Å²) < 4.78 is 30.5. The molecule has 5 rings (SSSR count). The molecule has 0 bridgehead atoms. The number of hydrogen-bond donors (Lipinski definition) is 0. The maximum absolute atomic E-state index is 12.8. The van der Waals surface area contributed by atoms with E-state index < -0.39 is 10.0 Å². The summed E-state index contributed by atoms with van der Waals surface area (Å²) in [5.41, 5.74) is 0.730. The van der Waals surface area contributed by atoms with Gasteiger partial charge in [-0.05, 0) is 37.8 Å². The van der Waals surface area contributed by atoms with Crippen molar-refractivity contribution in [2.45, 2.75) is 36.5 Å². The fourth-order valence-electron chi connectivity index (χ4n) is 4.20. The lowest BCUT2D eigenvalue weighted by molar-refractivity contribution is 0.311. The van der Waals surface area contributed by atoms with Crippen LogP contribution in [0, 0.1) is 0 Å². The standard InChI is InChI=1S/C18H24N8O2S/c1-23-13-15(12-19-23)29(27,28)25-10-6-14(7-11-25)18-21-20-16-4-5-17(22-26(16)18)24-8-2-3-9-24/h4-5,12-14H,2-3,6-11H2,1H3. The fourth-order valence-corrected chi connectivity index (χ4v) is 5.66. The molecule has 154 valence electrons. The third-order valence-electron chi connectivity index (χ3n) is 5.84. The Kier molecular flexibility index (Phi) is 4.50. The van der Waals surface area contributed by atoms with Gasteiger partial charge in [0.1, 0.15) is 10.7 Å². The number of anilines is 1. The van der Waals surface area contributed by atoms with Gasteiger partial charge in [0, 0.05) is 45.3 Å².